The number of ether oxygens (including phenoxy) is 3. The number of rotatable bonds is 52. The molecule has 0 aromatic carbocycles. The monoisotopic (exact) mass is 945 g/mol. The summed E-state index contributed by atoms with van der Waals surface area (Å²) in [6, 6.07) is 0. The smallest absolute Gasteiger partial charge is 0.306 e. The number of esters is 2. The lowest BCUT2D eigenvalue weighted by molar-refractivity contribution is -0.162. The van der Waals surface area contributed by atoms with E-state index in [1.165, 1.54) is 141 Å². The van der Waals surface area contributed by atoms with Gasteiger partial charge < -0.3 is 14.2 Å². The van der Waals surface area contributed by atoms with Gasteiger partial charge in [0.1, 0.15) is 6.61 Å². The van der Waals surface area contributed by atoms with Gasteiger partial charge >= 0.3 is 11.9 Å². The molecule has 1 atom stereocenters. The molecule has 0 saturated carbocycles. The third-order valence-corrected chi connectivity index (χ3v) is 12.1. The highest BCUT2D eigenvalue weighted by Crippen LogP contribution is 2.15. The van der Waals surface area contributed by atoms with Crippen molar-refractivity contribution >= 4 is 11.9 Å². The second-order valence-corrected chi connectivity index (χ2v) is 18.8. The zero-order valence-electron chi connectivity index (χ0n) is 44.8. The van der Waals surface area contributed by atoms with Crippen LogP contribution in [-0.2, 0) is 23.8 Å². The van der Waals surface area contributed by atoms with Crippen molar-refractivity contribution in [3.05, 3.63) is 97.2 Å². The second-order valence-electron chi connectivity index (χ2n) is 18.8. The van der Waals surface area contributed by atoms with E-state index in [1.807, 2.05) is 0 Å². The van der Waals surface area contributed by atoms with Crippen molar-refractivity contribution in [2.45, 2.75) is 271 Å². The Bertz CT molecular complexity index is 1300. The van der Waals surface area contributed by atoms with Crippen LogP contribution in [0.2, 0.25) is 0 Å². The summed E-state index contributed by atoms with van der Waals surface area (Å²) in [5, 5.41) is 0. The minimum atomic E-state index is -0.582. The molecular weight excluding hydrogens is 837 g/mol. The predicted octanol–water partition coefficient (Wildman–Crippen LogP) is 19.8. The number of unbranched alkanes of at least 4 members (excludes halogenated alkanes) is 25. The Morgan fingerprint density at radius 1 is 0.324 bits per heavy atom. The summed E-state index contributed by atoms with van der Waals surface area (Å²) in [6.45, 7) is 7.70. The summed E-state index contributed by atoms with van der Waals surface area (Å²) in [6.07, 6.45) is 78.6. The number of hydrogen-bond acceptors (Lipinski definition) is 5. The van der Waals surface area contributed by atoms with Crippen LogP contribution in [0.3, 0.4) is 0 Å². The van der Waals surface area contributed by atoms with Gasteiger partial charge in [0.15, 0.2) is 6.10 Å². The Morgan fingerprint density at radius 3 is 1.04 bits per heavy atom. The molecule has 0 aliphatic rings. The van der Waals surface area contributed by atoms with Crippen molar-refractivity contribution < 1.29 is 23.8 Å². The molecule has 0 spiro atoms. The number of carbonyl (C=O) groups excluding carboxylic acids is 2. The molecule has 5 heteroatoms. The van der Waals surface area contributed by atoms with Crippen LogP contribution in [-0.4, -0.2) is 37.9 Å². The van der Waals surface area contributed by atoms with Crippen LogP contribution in [0, 0.1) is 0 Å². The Labute approximate surface area is 422 Å². The molecule has 68 heavy (non-hydrogen) atoms. The van der Waals surface area contributed by atoms with Gasteiger partial charge in [0.05, 0.1) is 6.61 Å². The first-order valence-corrected chi connectivity index (χ1v) is 28.8. The van der Waals surface area contributed by atoms with E-state index in [1.54, 1.807) is 0 Å². The van der Waals surface area contributed by atoms with E-state index in [-0.39, 0.29) is 25.2 Å². The zero-order valence-corrected chi connectivity index (χ0v) is 44.8. The van der Waals surface area contributed by atoms with Crippen molar-refractivity contribution in [1.82, 2.24) is 0 Å². The highest BCUT2D eigenvalue weighted by molar-refractivity contribution is 5.70. The van der Waals surface area contributed by atoms with Crippen LogP contribution >= 0.6 is 0 Å². The summed E-state index contributed by atoms with van der Waals surface area (Å²) in [5.41, 5.74) is 0. The summed E-state index contributed by atoms with van der Waals surface area (Å²) in [5.74, 6) is -0.494. The molecule has 0 amide bonds. The molecular formula is C63H108O5. The van der Waals surface area contributed by atoms with Crippen molar-refractivity contribution in [3.63, 3.8) is 0 Å². The standard InChI is InChI=1S/C63H108O5/c1-4-7-10-13-16-19-22-25-28-31-32-34-35-38-41-44-47-50-53-56-62(64)67-60-61(59-66-58-55-52-49-46-43-40-37-30-27-24-21-18-15-12-9-6-3)68-63(65)57-54-51-48-45-42-39-36-33-29-26-23-20-17-14-11-8-5-2/h16-17,19-20,25-26,28-29,32,34,36,38-39,41,45,48,61H,4-15,18,21-24,27,30-31,33,35,37,40,42-44,46-47,49-60H2,1-3H3/b19-16-,20-17-,28-25-,29-26-,34-32-,39-36-,41-38-,48-45-/t61-/m1/s1. The van der Waals surface area contributed by atoms with E-state index in [0.717, 1.165) is 89.9 Å². The summed E-state index contributed by atoms with van der Waals surface area (Å²) in [4.78, 5) is 25.5. The molecule has 0 aromatic heterocycles. The average Bonchev–Trinajstić information content (AvgIpc) is 3.34. The van der Waals surface area contributed by atoms with Crippen LogP contribution in [0.4, 0.5) is 0 Å². The van der Waals surface area contributed by atoms with Gasteiger partial charge in [-0.25, -0.2) is 0 Å². The molecule has 0 rings (SSSR count). The first-order valence-electron chi connectivity index (χ1n) is 28.8. The maximum Gasteiger partial charge on any atom is 0.306 e. The topological polar surface area (TPSA) is 61.8 Å². The molecule has 0 heterocycles. The molecule has 5 nitrogen and oxygen atoms in total. The fraction of sp³-hybridized carbons (Fsp3) is 0.714. The summed E-state index contributed by atoms with van der Waals surface area (Å²) >= 11 is 0. The molecule has 0 aliphatic heterocycles. The minimum absolute atomic E-state index is 0.0446. The van der Waals surface area contributed by atoms with E-state index >= 15 is 0 Å². The van der Waals surface area contributed by atoms with Crippen molar-refractivity contribution in [3.8, 4) is 0 Å². The molecule has 390 valence electrons. The Hall–Kier alpha value is -3.18. The van der Waals surface area contributed by atoms with Crippen molar-refractivity contribution in [2.75, 3.05) is 19.8 Å². The second kappa shape index (κ2) is 58.1. The largest absolute Gasteiger partial charge is 0.462 e. The lowest BCUT2D eigenvalue weighted by Gasteiger charge is -2.18. The lowest BCUT2D eigenvalue weighted by Crippen LogP contribution is -2.30. The Balaban J connectivity index is 4.42. The normalized spacial score (nSPS) is 12.9. The van der Waals surface area contributed by atoms with Crippen LogP contribution in [0.5, 0.6) is 0 Å². The van der Waals surface area contributed by atoms with E-state index in [2.05, 4.69) is 118 Å². The maximum atomic E-state index is 12.8. The molecule has 0 saturated heterocycles. The molecule has 0 N–H and O–H groups in total. The van der Waals surface area contributed by atoms with Crippen LogP contribution in [0.15, 0.2) is 97.2 Å². The van der Waals surface area contributed by atoms with Gasteiger partial charge in [-0.2, -0.15) is 0 Å². The Kier molecular flexibility index (Phi) is 55.4. The predicted molar refractivity (Wildman–Crippen MR) is 297 cm³/mol. The van der Waals surface area contributed by atoms with Gasteiger partial charge in [-0.3, -0.25) is 9.59 Å². The third kappa shape index (κ3) is 55.4. The third-order valence-electron chi connectivity index (χ3n) is 12.1. The van der Waals surface area contributed by atoms with Gasteiger partial charge in [-0.15, -0.1) is 0 Å². The fourth-order valence-corrected chi connectivity index (χ4v) is 7.78. The lowest BCUT2D eigenvalue weighted by atomic mass is 10.0. The van der Waals surface area contributed by atoms with Crippen LogP contribution in [0.25, 0.3) is 0 Å². The highest BCUT2D eigenvalue weighted by atomic mass is 16.6. The van der Waals surface area contributed by atoms with Gasteiger partial charge in [-0.1, -0.05) is 246 Å². The number of allylic oxidation sites excluding steroid dienone is 16. The Morgan fingerprint density at radius 2 is 0.632 bits per heavy atom. The van der Waals surface area contributed by atoms with E-state index < -0.39 is 6.10 Å². The molecule has 0 bridgehead atoms. The number of hydrogen-bond donors (Lipinski definition) is 0. The van der Waals surface area contributed by atoms with Crippen molar-refractivity contribution in [1.29, 1.82) is 0 Å². The quantitative estimate of drug-likeness (QED) is 0.0345. The molecule has 0 aliphatic carbocycles. The van der Waals surface area contributed by atoms with E-state index in [0.29, 0.717) is 19.4 Å². The highest BCUT2D eigenvalue weighted by Gasteiger charge is 2.17. The zero-order chi connectivity index (χ0) is 49.2. The van der Waals surface area contributed by atoms with Gasteiger partial charge in [-0.05, 0) is 103 Å². The van der Waals surface area contributed by atoms with Crippen LogP contribution in [0.1, 0.15) is 265 Å². The molecule has 0 unspecified atom stereocenters. The van der Waals surface area contributed by atoms with Crippen molar-refractivity contribution in [2.24, 2.45) is 0 Å². The maximum absolute atomic E-state index is 12.8. The summed E-state index contributed by atoms with van der Waals surface area (Å²) < 4.78 is 17.4. The van der Waals surface area contributed by atoms with Gasteiger partial charge in [0.25, 0.3) is 0 Å². The summed E-state index contributed by atoms with van der Waals surface area (Å²) in [7, 11) is 0. The first kappa shape index (κ1) is 64.8. The molecule has 0 aromatic rings. The molecule has 0 fully saturated rings. The average molecular weight is 946 g/mol. The van der Waals surface area contributed by atoms with Crippen LogP contribution < -0.4 is 0 Å². The minimum Gasteiger partial charge on any atom is -0.462 e. The SMILES string of the molecule is CCCCC/C=C\C/C=C\C/C=C\C/C=C\CCCCCC(=O)OC[C@@H](COCCCCCCCCCCCCCCCCCC)OC(=O)CCC/C=C\C/C=C\C/C=C\C/C=C\CCCCC. The molecule has 0 radical (unpaired) electrons. The van der Waals surface area contributed by atoms with E-state index in [9.17, 15) is 9.59 Å². The van der Waals surface area contributed by atoms with Gasteiger partial charge in [0.2, 0.25) is 0 Å². The first-order chi connectivity index (χ1) is 33.6. The van der Waals surface area contributed by atoms with E-state index in [4.69, 9.17) is 14.2 Å². The number of carbonyl (C=O) groups is 2. The fourth-order valence-electron chi connectivity index (χ4n) is 7.78. The van der Waals surface area contributed by atoms with Gasteiger partial charge in [0, 0.05) is 19.4 Å².